The van der Waals surface area contributed by atoms with Gasteiger partial charge in [-0.2, -0.15) is 13.2 Å². The molecule has 0 aromatic heterocycles. The van der Waals surface area contributed by atoms with Gasteiger partial charge in [0.25, 0.3) is 0 Å². The molecule has 0 spiro atoms. The van der Waals surface area contributed by atoms with Crippen LogP contribution in [0.15, 0.2) is 42.5 Å². The summed E-state index contributed by atoms with van der Waals surface area (Å²) < 4.78 is 42.7. The van der Waals surface area contributed by atoms with E-state index in [1.54, 1.807) is 12.1 Å². The van der Waals surface area contributed by atoms with E-state index in [0.29, 0.717) is 11.3 Å². The quantitative estimate of drug-likeness (QED) is 0.760. The monoisotopic (exact) mass is 365 g/mol. The Kier molecular flexibility index (Phi) is 6.02. The van der Waals surface area contributed by atoms with Crippen molar-refractivity contribution in [3.05, 3.63) is 59.2 Å². The Bertz CT molecular complexity index is 799. The van der Waals surface area contributed by atoms with E-state index in [9.17, 15) is 22.8 Å². The van der Waals surface area contributed by atoms with Gasteiger partial charge in [-0.05, 0) is 43.3 Å². The lowest BCUT2D eigenvalue weighted by Gasteiger charge is -2.10. The number of hydrogen-bond acceptors (Lipinski definition) is 3. The topological polar surface area (TPSA) is 55.4 Å². The van der Waals surface area contributed by atoms with Crippen LogP contribution in [-0.2, 0) is 11.0 Å². The summed E-state index contributed by atoms with van der Waals surface area (Å²) >= 11 is 0. The van der Waals surface area contributed by atoms with Crippen LogP contribution in [0.25, 0.3) is 0 Å². The second kappa shape index (κ2) is 8.03. The number of benzene rings is 2. The summed E-state index contributed by atoms with van der Waals surface area (Å²) in [6.07, 6.45) is -4.55. The van der Waals surface area contributed by atoms with Gasteiger partial charge in [0, 0.05) is 18.5 Å². The van der Waals surface area contributed by atoms with Gasteiger partial charge >= 0.3 is 6.18 Å². The molecule has 0 saturated carbocycles. The van der Waals surface area contributed by atoms with E-state index in [1.807, 2.05) is 13.0 Å². The van der Waals surface area contributed by atoms with Crippen molar-refractivity contribution in [3.8, 4) is 5.75 Å². The first-order valence-corrected chi connectivity index (χ1v) is 7.85. The number of nitrogens with one attached hydrogen (secondary N) is 1. The largest absolute Gasteiger partial charge is 0.496 e. The molecule has 0 fully saturated rings. The Morgan fingerprint density at radius 2 is 1.69 bits per heavy atom. The van der Waals surface area contributed by atoms with E-state index < -0.39 is 17.6 Å². The van der Waals surface area contributed by atoms with Gasteiger partial charge in [-0.1, -0.05) is 11.6 Å². The summed E-state index contributed by atoms with van der Waals surface area (Å²) in [5.74, 6) is -0.262. The van der Waals surface area contributed by atoms with Crippen LogP contribution >= 0.6 is 0 Å². The molecule has 4 nitrogen and oxygen atoms in total. The Labute approximate surface area is 149 Å². The molecule has 0 atom stereocenters. The zero-order valence-corrected chi connectivity index (χ0v) is 14.3. The number of halogens is 3. The number of anilines is 1. The second-order valence-corrected chi connectivity index (χ2v) is 5.75. The molecule has 0 bridgehead atoms. The van der Waals surface area contributed by atoms with E-state index in [4.69, 9.17) is 4.74 Å². The van der Waals surface area contributed by atoms with Gasteiger partial charge in [0.1, 0.15) is 5.75 Å². The van der Waals surface area contributed by atoms with Crippen molar-refractivity contribution in [2.24, 2.45) is 0 Å². The molecular weight excluding hydrogens is 347 g/mol. The van der Waals surface area contributed by atoms with Crippen molar-refractivity contribution < 1.29 is 27.5 Å². The van der Waals surface area contributed by atoms with Gasteiger partial charge in [0.05, 0.1) is 18.2 Å². The molecule has 1 N–H and O–H groups in total. The number of hydrogen-bond donors (Lipinski definition) is 1. The molecule has 138 valence electrons. The van der Waals surface area contributed by atoms with Gasteiger partial charge in [-0.25, -0.2) is 0 Å². The highest BCUT2D eigenvalue weighted by Crippen LogP contribution is 2.29. The van der Waals surface area contributed by atoms with Crippen LogP contribution in [0, 0.1) is 6.92 Å². The third-order valence-corrected chi connectivity index (χ3v) is 3.73. The fourth-order valence-electron chi connectivity index (χ4n) is 2.37. The Balaban J connectivity index is 1.94. The van der Waals surface area contributed by atoms with Crippen molar-refractivity contribution in [3.63, 3.8) is 0 Å². The van der Waals surface area contributed by atoms with Crippen LogP contribution in [-0.4, -0.2) is 18.8 Å². The average molecular weight is 365 g/mol. The minimum absolute atomic E-state index is 0.0354. The van der Waals surface area contributed by atoms with Gasteiger partial charge in [-0.15, -0.1) is 0 Å². The molecule has 2 aromatic carbocycles. The molecule has 0 heterocycles. The molecule has 7 heteroatoms. The van der Waals surface area contributed by atoms with Crippen molar-refractivity contribution >= 4 is 17.4 Å². The fraction of sp³-hybridized carbons (Fsp3) is 0.263. The third-order valence-electron chi connectivity index (χ3n) is 3.73. The smallest absolute Gasteiger partial charge is 0.416 e. The molecular formula is C19H18F3NO3. The summed E-state index contributed by atoms with van der Waals surface area (Å²) in [7, 11) is 1.46. The van der Waals surface area contributed by atoms with Gasteiger partial charge in [-0.3, -0.25) is 9.59 Å². The molecule has 26 heavy (non-hydrogen) atoms. The first-order valence-electron chi connectivity index (χ1n) is 7.85. The maximum Gasteiger partial charge on any atom is 0.416 e. The molecule has 2 rings (SSSR count). The van der Waals surface area contributed by atoms with Crippen molar-refractivity contribution in [2.45, 2.75) is 25.9 Å². The van der Waals surface area contributed by atoms with E-state index in [2.05, 4.69) is 5.32 Å². The van der Waals surface area contributed by atoms with Gasteiger partial charge < -0.3 is 10.1 Å². The van der Waals surface area contributed by atoms with Crippen LogP contribution in [0.4, 0.5) is 18.9 Å². The molecule has 0 aliphatic carbocycles. The number of Topliss-reactive ketones (excluding diaryl/α,β-unsaturated/α-hetero) is 1. The molecule has 0 unspecified atom stereocenters. The Hall–Kier alpha value is -2.83. The highest BCUT2D eigenvalue weighted by Gasteiger charge is 2.30. The average Bonchev–Trinajstić information content (AvgIpc) is 2.59. The number of amides is 1. The number of aryl methyl sites for hydroxylation is 1. The summed E-state index contributed by atoms with van der Waals surface area (Å²) in [6.45, 7) is 1.84. The predicted molar refractivity (Wildman–Crippen MR) is 91.4 cm³/mol. The number of ketones is 1. The summed E-state index contributed by atoms with van der Waals surface area (Å²) in [6, 6.07) is 9.31. The SMILES string of the molecule is COc1ccc(C)cc1C(=O)CCC(=O)Nc1ccc(C(F)(F)F)cc1. The number of carbonyl (C=O) groups excluding carboxylic acids is 2. The summed E-state index contributed by atoms with van der Waals surface area (Å²) in [5, 5.41) is 2.48. The predicted octanol–water partition coefficient (Wildman–Crippen LogP) is 4.62. The fourth-order valence-corrected chi connectivity index (χ4v) is 2.37. The van der Waals surface area contributed by atoms with Crippen LogP contribution in [0.2, 0.25) is 0 Å². The molecule has 0 saturated heterocycles. The number of ether oxygens (including phenoxy) is 1. The normalized spacial score (nSPS) is 11.1. The number of carbonyl (C=O) groups is 2. The van der Waals surface area contributed by atoms with Crippen molar-refractivity contribution in [2.75, 3.05) is 12.4 Å². The van der Waals surface area contributed by atoms with Crippen LogP contribution in [0.5, 0.6) is 5.75 Å². The number of alkyl halides is 3. The number of rotatable bonds is 6. The highest BCUT2D eigenvalue weighted by molar-refractivity contribution is 6.01. The molecule has 0 aliphatic heterocycles. The van der Waals surface area contributed by atoms with Crippen LogP contribution in [0.3, 0.4) is 0 Å². The van der Waals surface area contributed by atoms with Crippen molar-refractivity contribution in [1.29, 1.82) is 0 Å². The third kappa shape index (κ3) is 5.08. The number of methoxy groups -OCH3 is 1. The second-order valence-electron chi connectivity index (χ2n) is 5.75. The molecule has 2 aromatic rings. The molecule has 0 aliphatic rings. The summed E-state index contributed by atoms with van der Waals surface area (Å²) in [5.41, 5.74) is 0.735. The standard InChI is InChI=1S/C19H18F3NO3/c1-12-3-9-17(26-2)15(11-12)16(24)8-10-18(25)23-14-6-4-13(5-7-14)19(20,21)22/h3-7,9,11H,8,10H2,1-2H3,(H,23,25). The van der Waals surface area contributed by atoms with E-state index in [-0.39, 0.29) is 24.3 Å². The Morgan fingerprint density at radius 3 is 2.27 bits per heavy atom. The lowest BCUT2D eigenvalue weighted by atomic mass is 10.0. The first-order chi connectivity index (χ1) is 12.2. The molecule has 0 radical (unpaired) electrons. The minimum Gasteiger partial charge on any atom is -0.496 e. The van der Waals surface area contributed by atoms with Crippen LogP contribution in [0.1, 0.15) is 34.3 Å². The van der Waals surface area contributed by atoms with Gasteiger partial charge in [0.2, 0.25) is 5.91 Å². The lowest BCUT2D eigenvalue weighted by Crippen LogP contribution is -2.14. The Morgan fingerprint density at radius 1 is 1.04 bits per heavy atom. The maximum absolute atomic E-state index is 12.5. The van der Waals surface area contributed by atoms with Crippen molar-refractivity contribution in [1.82, 2.24) is 0 Å². The first kappa shape index (κ1) is 19.5. The van der Waals surface area contributed by atoms with E-state index in [0.717, 1.165) is 17.7 Å². The van der Waals surface area contributed by atoms with Gasteiger partial charge in [0.15, 0.2) is 5.78 Å². The minimum atomic E-state index is -4.43. The maximum atomic E-state index is 12.5. The van der Waals surface area contributed by atoms with Crippen LogP contribution < -0.4 is 10.1 Å². The van der Waals surface area contributed by atoms with E-state index in [1.165, 1.54) is 19.2 Å². The zero-order valence-electron chi connectivity index (χ0n) is 14.3. The lowest BCUT2D eigenvalue weighted by molar-refractivity contribution is -0.137. The zero-order chi connectivity index (χ0) is 19.3. The van der Waals surface area contributed by atoms with E-state index >= 15 is 0 Å². The molecule has 1 amide bonds. The summed E-state index contributed by atoms with van der Waals surface area (Å²) in [4.78, 5) is 24.2. The highest BCUT2D eigenvalue weighted by atomic mass is 19.4.